The summed E-state index contributed by atoms with van der Waals surface area (Å²) in [4.78, 5) is 37.4. The number of thiazole rings is 1. The molecule has 8 heteroatoms. The lowest BCUT2D eigenvalue weighted by atomic mass is 9.81. The first-order chi connectivity index (χ1) is 11.5. The van der Waals surface area contributed by atoms with Crippen LogP contribution in [0.15, 0.2) is 18.5 Å². The van der Waals surface area contributed by atoms with Gasteiger partial charge in [-0.1, -0.05) is 19.3 Å². The van der Waals surface area contributed by atoms with E-state index in [-0.39, 0.29) is 0 Å². The van der Waals surface area contributed by atoms with E-state index < -0.39 is 17.4 Å². The Labute approximate surface area is 143 Å². The fourth-order valence-electron chi connectivity index (χ4n) is 2.93. The monoisotopic (exact) mass is 346 g/mol. The van der Waals surface area contributed by atoms with E-state index in [0.717, 1.165) is 19.3 Å². The highest BCUT2D eigenvalue weighted by atomic mass is 32.1. The molecule has 1 aliphatic rings. The van der Waals surface area contributed by atoms with Gasteiger partial charge in [0, 0.05) is 12.4 Å². The van der Waals surface area contributed by atoms with Gasteiger partial charge in [-0.05, 0) is 25.8 Å². The van der Waals surface area contributed by atoms with Crippen LogP contribution < -0.4 is 5.32 Å². The highest BCUT2D eigenvalue weighted by Crippen LogP contribution is 2.30. The minimum absolute atomic E-state index is 0.392. The van der Waals surface area contributed by atoms with Gasteiger partial charge in [-0.15, -0.1) is 11.3 Å². The van der Waals surface area contributed by atoms with Crippen molar-refractivity contribution in [2.45, 2.75) is 44.6 Å². The number of rotatable bonds is 4. The first-order valence-corrected chi connectivity index (χ1v) is 8.64. The van der Waals surface area contributed by atoms with Gasteiger partial charge in [-0.25, -0.2) is 19.7 Å². The fourth-order valence-corrected chi connectivity index (χ4v) is 3.84. The summed E-state index contributed by atoms with van der Waals surface area (Å²) in [5, 5.41) is 12.9. The Morgan fingerprint density at radius 1 is 1.21 bits per heavy atom. The number of hydrogen-bond acceptors (Lipinski definition) is 6. The summed E-state index contributed by atoms with van der Waals surface area (Å²) in [6.45, 7) is 1.73. The number of carbonyl (C=O) groups excluding carboxylic acids is 1. The normalized spacial score (nSPS) is 16.5. The maximum Gasteiger partial charge on any atom is 0.329 e. The standard InChI is InChI=1S/C16H18N4O3S/c1-10-11(24-14(19-10)12-17-8-5-9-18-12)13(21)20-16(15(22)23)6-3-2-4-7-16/h5,8-9H,2-4,6-7H2,1H3,(H,20,21)(H,22,23). The van der Waals surface area contributed by atoms with E-state index in [0.29, 0.717) is 34.2 Å². The summed E-state index contributed by atoms with van der Waals surface area (Å²) < 4.78 is 0. The Balaban J connectivity index is 1.85. The molecule has 0 aliphatic heterocycles. The van der Waals surface area contributed by atoms with Crippen LogP contribution in [0.1, 0.15) is 47.5 Å². The van der Waals surface area contributed by atoms with Gasteiger partial charge >= 0.3 is 5.97 Å². The zero-order valence-electron chi connectivity index (χ0n) is 13.3. The number of hydrogen-bond donors (Lipinski definition) is 2. The largest absolute Gasteiger partial charge is 0.480 e. The first-order valence-electron chi connectivity index (χ1n) is 7.82. The molecular weight excluding hydrogens is 328 g/mol. The van der Waals surface area contributed by atoms with Crippen LogP contribution in [0.3, 0.4) is 0 Å². The number of carboxylic acids is 1. The summed E-state index contributed by atoms with van der Waals surface area (Å²) >= 11 is 1.18. The third-order valence-electron chi connectivity index (χ3n) is 4.23. The second-order valence-electron chi connectivity index (χ2n) is 5.91. The van der Waals surface area contributed by atoms with Crippen LogP contribution in [0.4, 0.5) is 0 Å². The van der Waals surface area contributed by atoms with Crippen molar-refractivity contribution in [1.29, 1.82) is 0 Å². The quantitative estimate of drug-likeness (QED) is 0.881. The number of nitrogens with one attached hydrogen (secondary N) is 1. The second-order valence-corrected chi connectivity index (χ2v) is 6.91. The van der Waals surface area contributed by atoms with Gasteiger partial charge in [-0.3, -0.25) is 4.79 Å². The van der Waals surface area contributed by atoms with Gasteiger partial charge in [-0.2, -0.15) is 0 Å². The predicted molar refractivity (Wildman–Crippen MR) is 88.8 cm³/mol. The van der Waals surface area contributed by atoms with Crippen LogP contribution in [0.25, 0.3) is 10.8 Å². The molecule has 0 bridgehead atoms. The van der Waals surface area contributed by atoms with E-state index in [9.17, 15) is 14.7 Å². The van der Waals surface area contributed by atoms with Crippen molar-refractivity contribution in [1.82, 2.24) is 20.3 Å². The fraction of sp³-hybridized carbons (Fsp3) is 0.438. The Hall–Kier alpha value is -2.35. The Kier molecular flexibility index (Phi) is 4.57. The molecule has 1 amide bonds. The second kappa shape index (κ2) is 6.64. The molecule has 1 saturated carbocycles. The Morgan fingerprint density at radius 3 is 2.50 bits per heavy atom. The molecule has 3 rings (SSSR count). The van der Waals surface area contributed by atoms with Crippen LogP contribution in [-0.4, -0.2) is 37.5 Å². The number of aryl methyl sites for hydroxylation is 1. The highest BCUT2D eigenvalue weighted by Gasteiger charge is 2.41. The third-order valence-corrected chi connectivity index (χ3v) is 5.38. The molecule has 0 radical (unpaired) electrons. The number of carboxylic acid groups (broad SMARTS) is 1. The van der Waals surface area contributed by atoms with E-state index in [1.54, 1.807) is 25.4 Å². The van der Waals surface area contributed by atoms with E-state index in [1.807, 2.05) is 0 Å². The van der Waals surface area contributed by atoms with Crippen molar-refractivity contribution in [3.05, 3.63) is 29.0 Å². The predicted octanol–water partition coefficient (Wildman–Crippen LogP) is 2.43. The number of aliphatic carboxylic acids is 1. The van der Waals surface area contributed by atoms with Gasteiger partial charge in [0.15, 0.2) is 10.8 Å². The van der Waals surface area contributed by atoms with Crippen molar-refractivity contribution in [2.24, 2.45) is 0 Å². The third kappa shape index (κ3) is 3.14. The molecule has 7 nitrogen and oxygen atoms in total. The minimum atomic E-state index is -1.17. The zero-order valence-corrected chi connectivity index (χ0v) is 14.1. The lowest BCUT2D eigenvalue weighted by molar-refractivity contribution is -0.145. The lowest BCUT2D eigenvalue weighted by Crippen LogP contribution is -2.55. The van der Waals surface area contributed by atoms with Crippen LogP contribution in [0.2, 0.25) is 0 Å². The van der Waals surface area contributed by atoms with Gasteiger partial charge in [0.1, 0.15) is 10.4 Å². The van der Waals surface area contributed by atoms with Crippen molar-refractivity contribution in [3.63, 3.8) is 0 Å². The van der Waals surface area contributed by atoms with E-state index in [4.69, 9.17) is 0 Å². The first kappa shape index (κ1) is 16.5. The average Bonchev–Trinajstić information content (AvgIpc) is 2.98. The van der Waals surface area contributed by atoms with Crippen molar-refractivity contribution < 1.29 is 14.7 Å². The topological polar surface area (TPSA) is 105 Å². The molecule has 2 aromatic rings. The molecule has 2 N–H and O–H groups in total. The Morgan fingerprint density at radius 2 is 1.88 bits per heavy atom. The number of aromatic nitrogens is 3. The maximum absolute atomic E-state index is 12.6. The number of nitrogens with zero attached hydrogens (tertiary/aromatic N) is 3. The number of carbonyl (C=O) groups is 2. The molecular formula is C16H18N4O3S. The number of amides is 1. The Bertz CT molecular complexity index is 754. The SMILES string of the molecule is Cc1nc(-c2ncccn2)sc1C(=O)NC1(C(=O)O)CCCCC1. The molecule has 2 aromatic heterocycles. The molecule has 1 fully saturated rings. The summed E-state index contributed by atoms with van der Waals surface area (Å²) in [6, 6.07) is 1.71. The zero-order chi connectivity index (χ0) is 17.2. The smallest absolute Gasteiger partial charge is 0.329 e. The van der Waals surface area contributed by atoms with Gasteiger partial charge in [0.05, 0.1) is 5.69 Å². The molecule has 2 heterocycles. The highest BCUT2D eigenvalue weighted by molar-refractivity contribution is 7.17. The molecule has 0 unspecified atom stereocenters. The summed E-state index contributed by atoms with van der Waals surface area (Å²) in [7, 11) is 0. The van der Waals surface area contributed by atoms with Gasteiger partial charge < -0.3 is 10.4 Å². The van der Waals surface area contributed by atoms with E-state index in [1.165, 1.54) is 11.3 Å². The maximum atomic E-state index is 12.6. The van der Waals surface area contributed by atoms with Crippen molar-refractivity contribution >= 4 is 23.2 Å². The van der Waals surface area contributed by atoms with Gasteiger partial charge in [0.25, 0.3) is 5.91 Å². The van der Waals surface area contributed by atoms with Crippen LogP contribution in [0.5, 0.6) is 0 Å². The molecule has 0 aromatic carbocycles. The molecule has 0 saturated heterocycles. The summed E-state index contributed by atoms with van der Waals surface area (Å²) in [5.74, 6) is -0.906. The van der Waals surface area contributed by atoms with Crippen molar-refractivity contribution in [2.75, 3.05) is 0 Å². The summed E-state index contributed by atoms with van der Waals surface area (Å²) in [5.41, 5.74) is -0.619. The molecule has 0 spiro atoms. The molecule has 0 atom stereocenters. The molecule has 1 aliphatic carbocycles. The van der Waals surface area contributed by atoms with Crippen molar-refractivity contribution in [3.8, 4) is 10.8 Å². The van der Waals surface area contributed by atoms with Crippen LogP contribution in [0, 0.1) is 6.92 Å². The van der Waals surface area contributed by atoms with E-state index >= 15 is 0 Å². The lowest BCUT2D eigenvalue weighted by Gasteiger charge is -2.33. The van der Waals surface area contributed by atoms with Crippen LogP contribution in [-0.2, 0) is 4.79 Å². The van der Waals surface area contributed by atoms with Crippen LogP contribution >= 0.6 is 11.3 Å². The van der Waals surface area contributed by atoms with Gasteiger partial charge in [0.2, 0.25) is 0 Å². The minimum Gasteiger partial charge on any atom is -0.480 e. The molecule has 24 heavy (non-hydrogen) atoms. The molecule has 126 valence electrons. The van der Waals surface area contributed by atoms with E-state index in [2.05, 4.69) is 20.3 Å². The average molecular weight is 346 g/mol. The summed E-state index contributed by atoms with van der Waals surface area (Å²) in [6.07, 6.45) is 6.75.